The summed E-state index contributed by atoms with van der Waals surface area (Å²) in [5.74, 6) is 0.188. The summed E-state index contributed by atoms with van der Waals surface area (Å²) in [5.41, 5.74) is 1.21. The van der Waals surface area contributed by atoms with Crippen LogP contribution in [0.4, 0.5) is 11.4 Å². The monoisotopic (exact) mass is 464 g/mol. The number of nitrogens with zero attached hydrogens (tertiary/aromatic N) is 1. The molecule has 0 aliphatic carbocycles. The second-order valence-corrected chi connectivity index (χ2v) is 9.81. The Bertz CT molecular complexity index is 1340. The number of benzene rings is 3. The standard InChI is InChI=1S/C24H20N2O6S/c27-23(25-17-10-11-19-20(12-17)32-15-31-19)14-26-18-8-4-5-9-21(18)33(29,30)22(13-24(26)28)16-6-2-1-3-7-16/h1-12,22H,13-15H2,(H,25,27). The van der Waals surface area contributed by atoms with Gasteiger partial charge in [-0.15, -0.1) is 0 Å². The summed E-state index contributed by atoms with van der Waals surface area (Å²) < 4.78 is 37.6. The van der Waals surface area contributed by atoms with E-state index in [2.05, 4.69) is 5.32 Å². The molecule has 1 unspecified atom stereocenters. The van der Waals surface area contributed by atoms with Gasteiger partial charge in [0.25, 0.3) is 0 Å². The third-order valence-electron chi connectivity index (χ3n) is 5.63. The fourth-order valence-electron chi connectivity index (χ4n) is 4.04. The van der Waals surface area contributed by atoms with Crippen molar-refractivity contribution in [2.45, 2.75) is 16.6 Å². The smallest absolute Gasteiger partial charge is 0.244 e. The number of hydrogen-bond donors (Lipinski definition) is 1. The first kappa shape index (κ1) is 21.0. The van der Waals surface area contributed by atoms with Crippen molar-refractivity contribution < 1.29 is 27.5 Å². The zero-order chi connectivity index (χ0) is 23.0. The Balaban J connectivity index is 1.45. The Morgan fingerprint density at radius 3 is 2.52 bits per heavy atom. The van der Waals surface area contributed by atoms with E-state index in [9.17, 15) is 18.0 Å². The van der Waals surface area contributed by atoms with Crippen molar-refractivity contribution in [2.24, 2.45) is 0 Å². The zero-order valence-electron chi connectivity index (χ0n) is 17.4. The first-order chi connectivity index (χ1) is 15.9. The molecule has 2 heterocycles. The Hall–Kier alpha value is -3.85. The molecule has 9 heteroatoms. The minimum Gasteiger partial charge on any atom is -0.454 e. The number of carbonyl (C=O) groups excluding carboxylic acids is 2. The molecule has 5 rings (SSSR count). The molecule has 33 heavy (non-hydrogen) atoms. The zero-order valence-corrected chi connectivity index (χ0v) is 18.2. The van der Waals surface area contributed by atoms with E-state index in [1.165, 1.54) is 11.0 Å². The number of anilines is 2. The first-order valence-corrected chi connectivity index (χ1v) is 11.9. The predicted octanol–water partition coefficient (Wildman–Crippen LogP) is 3.31. The van der Waals surface area contributed by atoms with Gasteiger partial charge in [0.05, 0.1) is 15.8 Å². The fourth-order valence-corrected chi connectivity index (χ4v) is 5.97. The molecule has 2 aliphatic heterocycles. The van der Waals surface area contributed by atoms with E-state index in [0.717, 1.165) is 0 Å². The van der Waals surface area contributed by atoms with Crippen molar-refractivity contribution in [1.82, 2.24) is 0 Å². The van der Waals surface area contributed by atoms with Gasteiger partial charge in [0.2, 0.25) is 18.6 Å². The van der Waals surface area contributed by atoms with Crippen LogP contribution in [-0.4, -0.2) is 33.6 Å². The second kappa shape index (κ2) is 8.25. The summed E-state index contributed by atoms with van der Waals surface area (Å²) in [6, 6.07) is 19.9. The van der Waals surface area contributed by atoms with Crippen molar-refractivity contribution in [3.8, 4) is 11.5 Å². The van der Waals surface area contributed by atoms with E-state index in [4.69, 9.17) is 9.47 Å². The highest BCUT2D eigenvalue weighted by molar-refractivity contribution is 7.92. The average Bonchev–Trinajstić information content (AvgIpc) is 3.26. The van der Waals surface area contributed by atoms with Gasteiger partial charge in [-0.05, 0) is 29.8 Å². The van der Waals surface area contributed by atoms with Crippen LogP contribution in [0.2, 0.25) is 0 Å². The maximum Gasteiger partial charge on any atom is 0.244 e. The van der Waals surface area contributed by atoms with Crippen molar-refractivity contribution >= 4 is 33.0 Å². The first-order valence-electron chi connectivity index (χ1n) is 10.3. The Morgan fingerprint density at radius 2 is 1.70 bits per heavy atom. The summed E-state index contributed by atoms with van der Waals surface area (Å²) in [6.45, 7) is -0.218. The van der Waals surface area contributed by atoms with Gasteiger partial charge in [0.1, 0.15) is 6.54 Å². The summed E-state index contributed by atoms with van der Waals surface area (Å²) in [5, 5.41) is 1.70. The lowest BCUT2D eigenvalue weighted by atomic mass is 10.1. The van der Waals surface area contributed by atoms with Gasteiger partial charge in [-0.1, -0.05) is 42.5 Å². The van der Waals surface area contributed by atoms with E-state index in [1.54, 1.807) is 66.7 Å². The number of amides is 2. The lowest BCUT2D eigenvalue weighted by Crippen LogP contribution is -2.38. The van der Waals surface area contributed by atoms with E-state index >= 15 is 0 Å². The molecule has 3 aromatic rings. The van der Waals surface area contributed by atoms with Crippen LogP contribution in [0, 0.1) is 0 Å². The maximum atomic E-state index is 13.5. The van der Waals surface area contributed by atoms with Gasteiger partial charge in [0, 0.05) is 18.2 Å². The highest BCUT2D eigenvalue weighted by Crippen LogP contribution is 2.40. The highest BCUT2D eigenvalue weighted by atomic mass is 32.2. The van der Waals surface area contributed by atoms with Crippen molar-refractivity contribution in [1.29, 1.82) is 0 Å². The summed E-state index contributed by atoms with van der Waals surface area (Å²) in [7, 11) is -3.86. The number of ether oxygens (including phenoxy) is 2. The quantitative estimate of drug-likeness (QED) is 0.636. The molecule has 3 aromatic carbocycles. The minimum absolute atomic E-state index is 0.0283. The largest absolute Gasteiger partial charge is 0.454 e. The van der Waals surface area contributed by atoms with E-state index in [-0.39, 0.29) is 30.3 Å². The van der Waals surface area contributed by atoms with Gasteiger partial charge in [-0.3, -0.25) is 9.59 Å². The van der Waals surface area contributed by atoms with E-state index in [1.807, 2.05) is 0 Å². The summed E-state index contributed by atoms with van der Waals surface area (Å²) >= 11 is 0. The van der Waals surface area contributed by atoms with Gasteiger partial charge < -0.3 is 19.7 Å². The third kappa shape index (κ3) is 3.91. The van der Waals surface area contributed by atoms with Crippen LogP contribution in [0.15, 0.2) is 77.7 Å². The van der Waals surface area contributed by atoms with Crippen LogP contribution in [0.1, 0.15) is 17.2 Å². The lowest BCUT2D eigenvalue weighted by molar-refractivity contribution is -0.121. The number of carbonyl (C=O) groups is 2. The summed E-state index contributed by atoms with van der Waals surface area (Å²) in [4.78, 5) is 27.3. The Kier molecular flexibility index (Phi) is 5.26. The number of para-hydroxylation sites is 1. The van der Waals surface area contributed by atoms with Gasteiger partial charge >= 0.3 is 0 Å². The molecule has 0 saturated carbocycles. The van der Waals surface area contributed by atoms with Crippen molar-refractivity contribution in [3.05, 3.63) is 78.4 Å². The highest BCUT2D eigenvalue weighted by Gasteiger charge is 2.39. The van der Waals surface area contributed by atoms with Gasteiger partial charge in [0.15, 0.2) is 21.3 Å². The normalized spacial score (nSPS) is 18.4. The van der Waals surface area contributed by atoms with Crippen LogP contribution in [0.25, 0.3) is 0 Å². The molecule has 2 aliphatic rings. The molecular formula is C24H20N2O6S. The second-order valence-electron chi connectivity index (χ2n) is 7.71. The van der Waals surface area contributed by atoms with E-state index in [0.29, 0.717) is 22.7 Å². The number of hydrogen-bond acceptors (Lipinski definition) is 6. The molecule has 168 valence electrons. The molecule has 0 aromatic heterocycles. The number of fused-ring (bicyclic) bond motifs is 2. The van der Waals surface area contributed by atoms with Crippen LogP contribution in [-0.2, 0) is 19.4 Å². The molecule has 8 nitrogen and oxygen atoms in total. The van der Waals surface area contributed by atoms with Crippen LogP contribution >= 0.6 is 0 Å². The number of sulfone groups is 1. The molecule has 0 radical (unpaired) electrons. The fraction of sp³-hybridized carbons (Fsp3) is 0.167. The Morgan fingerprint density at radius 1 is 0.970 bits per heavy atom. The molecule has 0 fully saturated rings. The molecular weight excluding hydrogens is 444 g/mol. The molecule has 0 saturated heterocycles. The third-order valence-corrected chi connectivity index (χ3v) is 7.77. The van der Waals surface area contributed by atoms with Gasteiger partial charge in [-0.2, -0.15) is 0 Å². The van der Waals surface area contributed by atoms with Crippen molar-refractivity contribution in [3.63, 3.8) is 0 Å². The molecule has 0 bridgehead atoms. The van der Waals surface area contributed by atoms with Crippen LogP contribution < -0.4 is 19.7 Å². The van der Waals surface area contributed by atoms with Crippen molar-refractivity contribution in [2.75, 3.05) is 23.6 Å². The SMILES string of the molecule is O=C(CN1C(=O)CC(c2ccccc2)S(=O)(=O)c2ccccc21)Nc1ccc2c(c1)OCO2. The average molecular weight is 464 g/mol. The molecule has 1 atom stereocenters. The van der Waals surface area contributed by atoms with E-state index < -0.39 is 26.9 Å². The van der Waals surface area contributed by atoms with Gasteiger partial charge in [-0.25, -0.2) is 8.42 Å². The summed E-state index contributed by atoms with van der Waals surface area (Å²) in [6.07, 6.45) is -0.266. The minimum atomic E-state index is -3.86. The lowest BCUT2D eigenvalue weighted by Gasteiger charge is -2.22. The molecule has 1 N–H and O–H groups in total. The maximum absolute atomic E-state index is 13.5. The van der Waals surface area contributed by atoms with Crippen LogP contribution in [0.3, 0.4) is 0 Å². The Labute approximate surface area is 190 Å². The number of rotatable bonds is 4. The number of nitrogens with one attached hydrogen (secondary N) is 1. The topological polar surface area (TPSA) is 102 Å². The molecule has 2 amide bonds. The predicted molar refractivity (Wildman–Crippen MR) is 121 cm³/mol. The molecule has 0 spiro atoms. The van der Waals surface area contributed by atoms with Crippen LogP contribution in [0.5, 0.6) is 11.5 Å².